The zero-order chi connectivity index (χ0) is 15.1. The lowest BCUT2D eigenvalue weighted by atomic mass is 10.1. The molecule has 2 N–H and O–H groups in total. The number of rotatable bonds is 2. The predicted octanol–water partition coefficient (Wildman–Crippen LogP) is 1.10. The molecule has 2 aliphatic rings. The Morgan fingerprint density at radius 3 is 2.67 bits per heavy atom. The highest BCUT2D eigenvalue weighted by atomic mass is 32.2. The molecule has 6 nitrogen and oxygen atoms in total. The predicted molar refractivity (Wildman–Crippen MR) is 78.2 cm³/mol. The van der Waals surface area contributed by atoms with Crippen LogP contribution < -0.4 is 5.73 Å². The van der Waals surface area contributed by atoms with Gasteiger partial charge in [0.05, 0.1) is 24.7 Å². The smallest absolute Gasteiger partial charge is 0.243 e. The molecule has 2 heterocycles. The number of anilines is 1. The van der Waals surface area contributed by atoms with E-state index in [1.165, 1.54) is 4.31 Å². The second-order valence-corrected chi connectivity index (χ2v) is 7.48. The number of sulfonamides is 1. The lowest BCUT2D eigenvalue weighted by Gasteiger charge is -2.37. The number of hydrogen-bond donors (Lipinski definition) is 1. The van der Waals surface area contributed by atoms with Crippen molar-refractivity contribution in [3.8, 4) is 0 Å². The van der Waals surface area contributed by atoms with Crippen molar-refractivity contribution >= 4 is 15.7 Å². The number of hydrogen-bond acceptors (Lipinski definition) is 5. The summed E-state index contributed by atoms with van der Waals surface area (Å²) in [6.45, 7) is 3.54. The molecule has 1 aromatic carbocycles. The topological polar surface area (TPSA) is 81.9 Å². The molecule has 2 fully saturated rings. The highest BCUT2D eigenvalue weighted by Gasteiger charge is 2.44. The first-order chi connectivity index (χ1) is 9.93. The lowest BCUT2D eigenvalue weighted by Crippen LogP contribution is -2.51. The molecule has 1 spiro atoms. The van der Waals surface area contributed by atoms with E-state index in [-0.39, 0.29) is 6.54 Å². The molecule has 2 saturated heterocycles. The van der Waals surface area contributed by atoms with Gasteiger partial charge < -0.3 is 15.2 Å². The molecular formula is C14H20N2O4S. The Bertz CT molecular complexity index is 638. The van der Waals surface area contributed by atoms with Crippen molar-refractivity contribution in [3.05, 3.63) is 23.8 Å². The van der Waals surface area contributed by atoms with E-state index < -0.39 is 15.8 Å². The maximum absolute atomic E-state index is 12.8. The molecule has 7 heteroatoms. The van der Waals surface area contributed by atoms with Gasteiger partial charge in [-0.1, -0.05) is 0 Å². The molecule has 116 valence electrons. The number of nitrogen functional groups attached to an aromatic ring is 1. The Kier molecular flexibility index (Phi) is 3.69. The average Bonchev–Trinajstić information content (AvgIpc) is 2.86. The quantitative estimate of drug-likeness (QED) is 0.827. The van der Waals surface area contributed by atoms with Gasteiger partial charge in [0.2, 0.25) is 10.0 Å². The van der Waals surface area contributed by atoms with E-state index in [2.05, 4.69) is 0 Å². The summed E-state index contributed by atoms with van der Waals surface area (Å²) in [7, 11) is -3.56. The maximum atomic E-state index is 12.8. The van der Waals surface area contributed by atoms with Crippen molar-refractivity contribution < 1.29 is 17.9 Å². The molecule has 0 aliphatic carbocycles. The van der Waals surface area contributed by atoms with Gasteiger partial charge in [0, 0.05) is 18.7 Å². The van der Waals surface area contributed by atoms with Crippen molar-refractivity contribution in [1.82, 2.24) is 4.31 Å². The van der Waals surface area contributed by atoms with Crippen LogP contribution in [0.2, 0.25) is 0 Å². The van der Waals surface area contributed by atoms with Crippen molar-refractivity contribution in [3.63, 3.8) is 0 Å². The molecule has 0 radical (unpaired) electrons. The standard InChI is InChI=1S/C14H20N2O4S/c1-11-9-12(15)3-4-13(11)21(17,18)16-6-2-5-14(10-16)19-7-8-20-14/h3-4,9H,2,5-8,10,15H2,1H3. The van der Waals surface area contributed by atoms with Crippen LogP contribution in [0.15, 0.2) is 23.1 Å². The van der Waals surface area contributed by atoms with Gasteiger partial charge in [-0.25, -0.2) is 8.42 Å². The largest absolute Gasteiger partial charge is 0.399 e. The number of nitrogens with zero attached hydrogens (tertiary/aromatic N) is 1. The second kappa shape index (κ2) is 5.24. The molecule has 0 bridgehead atoms. The first kappa shape index (κ1) is 14.8. The third-order valence-electron chi connectivity index (χ3n) is 4.01. The number of piperidine rings is 1. The molecular weight excluding hydrogens is 292 g/mol. The maximum Gasteiger partial charge on any atom is 0.243 e. The highest BCUT2D eigenvalue weighted by Crippen LogP contribution is 2.33. The monoisotopic (exact) mass is 312 g/mol. The minimum atomic E-state index is -3.56. The summed E-state index contributed by atoms with van der Waals surface area (Å²) in [5, 5.41) is 0. The van der Waals surface area contributed by atoms with Crippen molar-refractivity contribution in [2.24, 2.45) is 0 Å². The van der Waals surface area contributed by atoms with Gasteiger partial charge in [-0.05, 0) is 37.1 Å². The summed E-state index contributed by atoms with van der Waals surface area (Å²) in [6, 6.07) is 4.86. The molecule has 0 unspecified atom stereocenters. The van der Waals surface area contributed by atoms with Crippen LogP contribution >= 0.6 is 0 Å². The molecule has 1 aromatic rings. The fourth-order valence-corrected chi connectivity index (χ4v) is 4.71. The van der Waals surface area contributed by atoms with Gasteiger partial charge in [0.1, 0.15) is 0 Å². The third kappa shape index (κ3) is 2.66. The Labute approximate surface area is 124 Å². The summed E-state index contributed by atoms with van der Waals surface area (Å²) < 4.78 is 38.4. The zero-order valence-electron chi connectivity index (χ0n) is 12.0. The van der Waals surface area contributed by atoms with E-state index in [9.17, 15) is 8.42 Å². The average molecular weight is 312 g/mol. The van der Waals surface area contributed by atoms with Crippen molar-refractivity contribution in [1.29, 1.82) is 0 Å². The normalized spacial score (nSPS) is 22.7. The van der Waals surface area contributed by atoms with E-state index in [0.29, 0.717) is 35.9 Å². The fourth-order valence-electron chi connectivity index (χ4n) is 2.99. The van der Waals surface area contributed by atoms with Crippen LogP contribution in [-0.4, -0.2) is 44.8 Å². The lowest BCUT2D eigenvalue weighted by molar-refractivity contribution is -0.179. The molecule has 0 aromatic heterocycles. The van der Waals surface area contributed by atoms with Crippen LogP contribution in [0.1, 0.15) is 18.4 Å². The zero-order valence-corrected chi connectivity index (χ0v) is 12.9. The molecule has 3 rings (SSSR count). The number of ether oxygens (including phenoxy) is 2. The van der Waals surface area contributed by atoms with Crippen LogP contribution in [0.25, 0.3) is 0 Å². The Hall–Kier alpha value is -1.15. The Morgan fingerprint density at radius 2 is 2.00 bits per heavy atom. The summed E-state index contributed by atoms with van der Waals surface area (Å²) in [4.78, 5) is 0.298. The number of aryl methyl sites for hydroxylation is 1. The molecule has 21 heavy (non-hydrogen) atoms. The Balaban J connectivity index is 1.90. The second-order valence-electron chi connectivity index (χ2n) is 5.57. The van der Waals surface area contributed by atoms with Crippen LogP contribution in [0, 0.1) is 6.92 Å². The Morgan fingerprint density at radius 1 is 1.29 bits per heavy atom. The van der Waals surface area contributed by atoms with Gasteiger partial charge in [-0.3, -0.25) is 0 Å². The molecule has 0 saturated carbocycles. The van der Waals surface area contributed by atoms with E-state index >= 15 is 0 Å². The molecule has 2 aliphatic heterocycles. The van der Waals surface area contributed by atoms with Gasteiger partial charge in [0.15, 0.2) is 5.79 Å². The molecule has 0 amide bonds. The summed E-state index contributed by atoms with van der Waals surface area (Å²) in [6.07, 6.45) is 1.47. The van der Waals surface area contributed by atoms with E-state index in [0.717, 1.165) is 12.8 Å². The van der Waals surface area contributed by atoms with E-state index in [1.54, 1.807) is 25.1 Å². The van der Waals surface area contributed by atoms with E-state index in [1.807, 2.05) is 0 Å². The van der Waals surface area contributed by atoms with Crippen LogP contribution in [-0.2, 0) is 19.5 Å². The minimum Gasteiger partial charge on any atom is -0.399 e. The van der Waals surface area contributed by atoms with Crippen LogP contribution in [0.3, 0.4) is 0 Å². The summed E-state index contributed by atoms with van der Waals surface area (Å²) in [5.41, 5.74) is 6.91. The molecule has 0 atom stereocenters. The van der Waals surface area contributed by atoms with Gasteiger partial charge in [-0.15, -0.1) is 0 Å². The van der Waals surface area contributed by atoms with E-state index in [4.69, 9.17) is 15.2 Å². The fraction of sp³-hybridized carbons (Fsp3) is 0.571. The third-order valence-corrected chi connectivity index (χ3v) is 6.02. The van der Waals surface area contributed by atoms with Crippen molar-refractivity contribution in [2.45, 2.75) is 30.4 Å². The van der Waals surface area contributed by atoms with Gasteiger partial charge in [-0.2, -0.15) is 4.31 Å². The van der Waals surface area contributed by atoms with Gasteiger partial charge in [0.25, 0.3) is 0 Å². The van der Waals surface area contributed by atoms with Crippen molar-refractivity contribution in [2.75, 3.05) is 32.0 Å². The summed E-state index contributed by atoms with van der Waals surface area (Å²) in [5.74, 6) is -0.757. The number of nitrogens with two attached hydrogens (primary N) is 1. The summed E-state index contributed by atoms with van der Waals surface area (Å²) >= 11 is 0. The van der Waals surface area contributed by atoms with Crippen LogP contribution in [0.5, 0.6) is 0 Å². The minimum absolute atomic E-state index is 0.249. The first-order valence-electron chi connectivity index (χ1n) is 7.07. The SMILES string of the molecule is Cc1cc(N)ccc1S(=O)(=O)N1CCCC2(C1)OCCO2. The van der Waals surface area contributed by atoms with Gasteiger partial charge >= 0.3 is 0 Å². The first-order valence-corrected chi connectivity index (χ1v) is 8.51. The van der Waals surface area contributed by atoms with Crippen LogP contribution in [0.4, 0.5) is 5.69 Å². The number of benzene rings is 1. The highest BCUT2D eigenvalue weighted by molar-refractivity contribution is 7.89.